The average Bonchev–Trinajstić information content (AvgIpc) is 2.88. The van der Waals surface area contributed by atoms with Gasteiger partial charge in [0.2, 0.25) is 5.13 Å². The van der Waals surface area contributed by atoms with E-state index in [1.807, 2.05) is 0 Å². The van der Waals surface area contributed by atoms with Gasteiger partial charge < -0.3 is 5.32 Å². The van der Waals surface area contributed by atoms with Gasteiger partial charge in [-0.15, -0.1) is 0 Å². The fraction of sp³-hybridized carbons (Fsp3) is 0.545. The number of nitrogens with zero attached hydrogens (tertiary/aromatic N) is 4. The quantitative estimate of drug-likeness (QED) is 0.887. The Labute approximate surface area is 113 Å². The lowest BCUT2D eigenvalue weighted by molar-refractivity contribution is 0.122. The smallest absolute Gasteiger partial charge is 0.257 e. The third kappa shape index (κ3) is 4.23. The van der Waals surface area contributed by atoms with Crippen LogP contribution < -0.4 is 5.32 Å². The molecule has 0 saturated carbocycles. The summed E-state index contributed by atoms with van der Waals surface area (Å²) in [5.74, 6) is 1.77. The van der Waals surface area contributed by atoms with Gasteiger partial charge in [-0.05, 0) is 5.92 Å². The lowest BCUT2D eigenvalue weighted by Gasteiger charge is -1.99. The fourth-order valence-corrected chi connectivity index (χ4v) is 2.14. The summed E-state index contributed by atoms with van der Waals surface area (Å²) >= 11 is 1.24. The van der Waals surface area contributed by atoms with E-state index >= 15 is 0 Å². The van der Waals surface area contributed by atoms with Crippen molar-refractivity contribution >= 4 is 22.5 Å². The van der Waals surface area contributed by atoms with Gasteiger partial charge in [0.05, 0.1) is 0 Å². The Morgan fingerprint density at radius 3 is 2.89 bits per heavy atom. The lowest BCUT2D eigenvalue weighted by Crippen LogP contribution is -2.07. The summed E-state index contributed by atoms with van der Waals surface area (Å²) in [5, 5.41) is 7.56. The highest BCUT2D eigenvalue weighted by atomic mass is 32.1. The van der Waals surface area contributed by atoms with Crippen LogP contribution in [0.5, 0.6) is 0 Å². The molecule has 2 rings (SSSR count). The van der Waals surface area contributed by atoms with Crippen molar-refractivity contribution in [3.8, 4) is 0 Å². The first-order chi connectivity index (χ1) is 9.02. The number of alkyl halides is 2. The zero-order valence-corrected chi connectivity index (χ0v) is 11.5. The first-order valence-corrected chi connectivity index (χ1v) is 6.71. The second kappa shape index (κ2) is 6.05. The van der Waals surface area contributed by atoms with Gasteiger partial charge in [0.25, 0.3) is 6.43 Å². The van der Waals surface area contributed by atoms with E-state index in [1.54, 1.807) is 6.07 Å². The zero-order valence-electron chi connectivity index (χ0n) is 10.7. The van der Waals surface area contributed by atoms with E-state index in [4.69, 9.17) is 0 Å². The van der Waals surface area contributed by atoms with Crippen molar-refractivity contribution in [2.75, 3.05) is 5.32 Å². The summed E-state index contributed by atoms with van der Waals surface area (Å²) in [6.07, 6.45) is -0.0883. The van der Waals surface area contributed by atoms with Crippen molar-refractivity contribution in [3.05, 3.63) is 18.1 Å². The second-order valence-corrected chi connectivity index (χ2v) is 5.30. The van der Waals surface area contributed by atoms with Gasteiger partial charge in [-0.3, -0.25) is 4.68 Å². The minimum absolute atomic E-state index is 0.406. The fourth-order valence-electron chi connectivity index (χ4n) is 1.53. The van der Waals surface area contributed by atoms with E-state index in [0.29, 0.717) is 16.9 Å². The van der Waals surface area contributed by atoms with Gasteiger partial charge in [-0.25, -0.2) is 13.8 Å². The minimum atomic E-state index is -2.41. The first kappa shape index (κ1) is 13.9. The zero-order chi connectivity index (χ0) is 13.8. The molecule has 2 aromatic rings. The summed E-state index contributed by atoms with van der Waals surface area (Å²) in [6, 6.07) is 1.63. The van der Waals surface area contributed by atoms with Crippen LogP contribution in [0.4, 0.5) is 19.7 Å². The van der Waals surface area contributed by atoms with Crippen LogP contribution >= 0.6 is 11.5 Å². The molecule has 1 N–H and O–H groups in total. The molecular weight excluding hydrogens is 272 g/mol. The van der Waals surface area contributed by atoms with Gasteiger partial charge >= 0.3 is 0 Å². The maximum atomic E-state index is 12.2. The molecule has 0 aromatic carbocycles. The molecule has 0 saturated heterocycles. The molecule has 0 bridgehead atoms. The van der Waals surface area contributed by atoms with Gasteiger partial charge in [-0.1, -0.05) is 13.8 Å². The molecule has 0 atom stereocenters. The van der Waals surface area contributed by atoms with Crippen LogP contribution in [0.1, 0.15) is 19.7 Å². The predicted molar refractivity (Wildman–Crippen MR) is 70.0 cm³/mol. The Bertz CT molecular complexity index is 476. The maximum absolute atomic E-state index is 12.2. The summed E-state index contributed by atoms with van der Waals surface area (Å²) in [7, 11) is 0. The average molecular weight is 287 g/mol. The van der Waals surface area contributed by atoms with Crippen molar-refractivity contribution in [2.45, 2.75) is 33.2 Å². The van der Waals surface area contributed by atoms with Crippen molar-refractivity contribution in [2.24, 2.45) is 5.92 Å². The molecule has 0 amide bonds. The normalized spacial score (nSPS) is 11.5. The standard InChI is InChI=1S/C11H15F2N5S/c1-7(2)5-10-15-11(19-17-10)14-9-3-4-18(16-9)6-8(12)13/h3-4,7-8H,5-6H2,1-2H3,(H,14,15,16,17). The molecule has 0 unspecified atom stereocenters. The number of halogens is 2. The molecule has 0 aliphatic heterocycles. The summed E-state index contributed by atoms with van der Waals surface area (Å²) in [6.45, 7) is 3.79. The summed E-state index contributed by atoms with van der Waals surface area (Å²) in [5.41, 5.74) is 0. The lowest BCUT2D eigenvalue weighted by atomic mass is 10.1. The van der Waals surface area contributed by atoms with E-state index in [0.717, 1.165) is 12.2 Å². The number of aromatic nitrogens is 4. The number of rotatable bonds is 6. The number of anilines is 2. The molecule has 8 heteroatoms. The van der Waals surface area contributed by atoms with Crippen molar-refractivity contribution in [3.63, 3.8) is 0 Å². The Hall–Kier alpha value is -1.57. The largest absolute Gasteiger partial charge is 0.313 e. The molecular formula is C11H15F2N5S. The van der Waals surface area contributed by atoms with Gasteiger partial charge in [0.15, 0.2) is 5.82 Å². The van der Waals surface area contributed by atoms with Gasteiger partial charge in [-0.2, -0.15) is 9.47 Å². The third-order valence-corrected chi connectivity index (χ3v) is 2.93. The molecule has 0 fully saturated rings. The van der Waals surface area contributed by atoms with Crippen LogP contribution in [0.15, 0.2) is 12.3 Å². The first-order valence-electron chi connectivity index (χ1n) is 5.94. The topological polar surface area (TPSA) is 55.6 Å². The van der Waals surface area contributed by atoms with Crippen LogP contribution in [-0.2, 0) is 13.0 Å². The van der Waals surface area contributed by atoms with E-state index in [-0.39, 0.29) is 0 Å². The van der Waals surface area contributed by atoms with Crippen LogP contribution in [0, 0.1) is 5.92 Å². The molecule has 0 aliphatic rings. The molecule has 19 heavy (non-hydrogen) atoms. The molecule has 5 nitrogen and oxygen atoms in total. The molecule has 104 valence electrons. The van der Waals surface area contributed by atoms with Crippen molar-refractivity contribution in [1.82, 2.24) is 19.1 Å². The van der Waals surface area contributed by atoms with Crippen molar-refractivity contribution in [1.29, 1.82) is 0 Å². The van der Waals surface area contributed by atoms with E-state index in [1.165, 1.54) is 22.4 Å². The summed E-state index contributed by atoms with van der Waals surface area (Å²) in [4.78, 5) is 4.31. The Morgan fingerprint density at radius 2 is 2.21 bits per heavy atom. The second-order valence-electron chi connectivity index (χ2n) is 4.55. The van der Waals surface area contributed by atoms with Crippen LogP contribution in [-0.4, -0.2) is 25.6 Å². The monoisotopic (exact) mass is 287 g/mol. The Balaban J connectivity index is 1.96. The van der Waals surface area contributed by atoms with E-state index < -0.39 is 13.0 Å². The number of nitrogens with one attached hydrogen (secondary N) is 1. The van der Waals surface area contributed by atoms with Crippen LogP contribution in [0.3, 0.4) is 0 Å². The van der Waals surface area contributed by atoms with Gasteiger partial charge in [0.1, 0.15) is 12.4 Å². The maximum Gasteiger partial charge on any atom is 0.257 e. The molecule has 0 radical (unpaired) electrons. The molecule has 0 aliphatic carbocycles. The molecule has 2 heterocycles. The molecule has 0 spiro atoms. The molecule has 2 aromatic heterocycles. The van der Waals surface area contributed by atoms with Crippen molar-refractivity contribution < 1.29 is 8.78 Å². The van der Waals surface area contributed by atoms with Crippen LogP contribution in [0.25, 0.3) is 0 Å². The minimum Gasteiger partial charge on any atom is -0.313 e. The third-order valence-electron chi connectivity index (χ3n) is 2.26. The summed E-state index contributed by atoms with van der Waals surface area (Å²) < 4.78 is 29.8. The van der Waals surface area contributed by atoms with E-state index in [2.05, 4.69) is 33.6 Å². The van der Waals surface area contributed by atoms with Crippen LogP contribution in [0.2, 0.25) is 0 Å². The van der Waals surface area contributed by atoms with E-state index in [9.17, 15) is 8.78 Å². The number of hydrogen-bond donors (Lipinski definition) is 1. The Morgan fingerprint density at radius 1 is 1.42 bits per heavy atom. The highest BCUT2D eigenvalue weighted by Gasteiger charge is 2.09. The van der Waals surface area contributed by atoms with Gasteiger partial charge in [0, 0.05) is 30.2 Å². The highest BCUT2D eigenvalue weighted by Crippen LogP contribution is 2.18. The highest BCUT2D eigenvalue weighted by molar-refractivity contribution is 7.09. The Kier molecular flexibility index (Phi) is 4.41. The predicted octanol–water partition coefficient (Wildman–Crippen LogP) is 2.94. The SMILES string of the molecule is CC(C)Cc1nsc(Nc2ccn(CC(F)F)n2)n1. The number of hydrogen-bond acceptors (Lipinski definition) is 5.